The summed E-state index contributed by atoms with van der Waals surface area (Å²) in [6.45, 7) is 3.70. The summed E-state index contributed by atoms with van der Waals surface area (Å²) in [5.74, 6) is -0.0489. The van der Waals surface area contributed by atoms with Gasteiger partial charge in [-0.25, -0.2) is 4.98 Å². The standard InChI is InChI=1S/C15H18ClN5O2/c1-8(2)14(23)20-15-18-12(16)11-13(19-15)21(7-17-11)10-4-3-9(5-10)6-22/h3-4,7-10,22H,5-6H2,1-2H3,(H,18,19,20,23). The number of aromatic nitrogens is 4. The molecule has 1 aliphatic carbocycles. The van der Waals surface area contributed by atoms with Crippen LogP contribution in [0.3, 0.4) is 0 Å². The predicted molar refractivity (Wildman–Crippen MR) is 87.2 cm³/mol. The molecule has 0 aromatic carbocycles. The van der Waals surface area contributed by atoms with Gasteiger partial charge in [0.25, 0.3) is 0 Å². The molecule has 23 heavy (non-hydrogen) atoms. The van der Waals surface area contributed by atoms with E-state index >= 15 is 0 Å². The Morgan fingerprint density at radius 2 is 2.26 bits per heavy atom. The molecule has 0 spiro atoms. The minimum Gasteiger partial charge on any atom is -0.396 e. The first-order valence-electron chi connectivity index (χ1n) is 7.49. The zero-order chi connectivity index (χ0) is 16.6. The maximum Gasteiger partial charge on any atom is 0.232 e. The Hall–Kier alpha value is -1.99. The first-order chi connectivity index (χ1) is 11.0. The van der Waals surface area contributed by atoms with E-state index in [-0.39, 0.29) is 41.5 Å². The van der Waals surface area contributed by atoms with E-state index in [0.29, 0.717) is 11.2 Å². The van der Waals surface area contributed by atoms with Gasteiger partial charge in [-0.3, -0.25) is 10.1 Å². The molecular formula is C15H18ClN5O2. The molecule has 3 rings (SSSR count). The first kappa shape index (κ1) is 15.9. The number of allylic oxidation sites excluding steroid dienone is 1. The van der Waals surface area contributed by atoms with Crippen molar-refractivity contribution in [2.24, 2.45) is 11.8 Å². The fourth-order valence-electron chi connectivity index (χ4n) is 2.53. The van der Waals surface area contributed by atoms with Gasteiger partial charge < -0.3 is 9.67 Å². The number of amides is 1. The molecule has 2 aromatic rings. The Bertz CT molecular complexity index is 771. The smallest absolute Gasteiger partial charge is 0.232 e. The first-order valence-corrected chi connectivity index (χ1v) is 7.87. The van der Waals surface area contributed by atoms with Crippen molar-refractivity contribution < 1.29 is 9.90 Å². The zero-order valence-electron chi connectivity index (χ0n) is 12.9. The Kier molecular flexibility index (Phi) is 4.32. The van der Waals surface area contributed by atoms with Crippen LogP contribution in [0.4, 0.5) is 5.95 Å². The maximum absolute atomic E-state index is 11.8. The lowest BCUT2D eigenvalue weighted by molar-refractivity contribution is -0.118. The van der Waals surface area contributed by atoms with Crippen LogP contribution in [0.2, 0.25) is 5.15 Å². The normalized spacial score (nSPS) is 20.6. The van der Waals surface area contributed by atoms with Gasteiger partial charge in [-0.1, -0.05) is 37.6 Å². The number of nitrogens with one attached hydrogen (secondary N) is 1. The van der Waals surface area contributed by atoms with E-state index in [2.05, 4.69) is 20.3 Å². The van der Waals surface area contributed by atoms with Crippen LogP contribution in [0.25, 0.3) is 11.2 Å². The topological polar surface area (TPSA) is 92.9 Å². The molecule has 2 unspecified atom stereocenters. The number of carbonyl (C=O) groups excluding carboxylic acids is 1. The van der Waals surface area contributed by atoms with Crippen LogP contribution in [0.1, 0.15) is 26.3 Å². The highest BCUT2D eigenvalue weighted by atomic mass is 35.5. The molecule has 2 aromatic heterocycles. The van der Waals surface area contributed by atoms with Crippen LogP contribution in [0.15, 0.2) is 18.5 Å². The number of halogens is 1. The van der Waals surface area contributed by atoms with Gasteiger partial charge in [0.05, 0.1) is 12.4 Å². The van der Waals surface area contributed by atoms with Crippen molar-refractivity contribution in [2.75, 3.05) is 11.9 Å². The van der Waals surface area contributed by atoms with Gasteiger partial charge in [-0.15, -0.1) is 0 Å². The van der Waals surface area contributed by atoms with Crippen molar-refractivity contribution >= 4 is 34.6 Å². The second kappa shape index (κ2) is 6.25. The van der Waals surface area contributed by atoms with Gasteiger partial charge in [0.2, 0.25) is 11.9 Å². The lowest BCUT2D eigenvalue weighted by Gasteiger charge is -2.13. The van der Waals surface area contributed by atoms with E-state index in [9.17, 15) is 9.90 Å². The van der Waals surface area contributed by atoms with E-state index < -0.39 is 0 Å². The lowest BCUT2D eigenvalue weighted by Crippen LogP contribution is -2.19. The molecule has 0 radical (unpaired) electrons. The largest absolute Gasteiger partial charge is 0.396 e. The summed E-state index contributed by atoms with van der Waals surface area (Å²) in [4.78, 5) is 24.6. The minimum atomic E-state index is -0.180. The Labute approximate surface area is 138 Å². The lowest BCUT2D eigenvalue weighted by atomic mass is 10.1. The molecule has 0 saturated heterocycles. The van der Waals surface area contributed by atoms with E-state index in [0.717, 1.165) is 6.42 Å². The highest BCUT2D eigenvalue weighted by molar-refractivity contribution is 6.33. The van der Waals surface area contributed by atoms with Crippen molar-refractivity contribution in [2.45, 2.75) is 26.3 Å². The predicted octanol–water partition coefficient (Wildman–Crippen LogP) is 2.18. The zero-order valence-corrected chi connectivity index (χ0v) is 13.7. The van der Waals surface area contributed by atoms with Crippen LogP contribution in [0, 0.1) is 11.8 Å². The average molecular weight is 336 g/mol. The highest BCUT2D eigenvalue weighted by Gasteiger charge is 2.23. The number of rotatable bonds is 4. The third-order valence-corrected chi connectivity index (χ3v) is 4.14. The number of fused-ring (bicyclic) bond motifs is 1. The van der Waals surface area contributed by atoms with Gasteiger partial charge in [0.15, 0.2) is 10.8 Å². The quantitative estimate of drug-likeness (QED) is 0.660. The number of anilines is 1. The Morgan fingerprint density at radius 3 is 2.91 bits per heavy atom. The van der Waals surface area contributed by atoms with E-state index in [1.54, 1.807) is 20.2 Å². The number of imidazole rings is 1. The summed E-state index contributed by atoms with van der Waals surface area (Å²) in [7, 11) is 0. The van der Waals surface area contributed by atoms with Crippen LogP contribution in [-0.2, 0) is 4.79 Å². The van der Waals surface area contributed by atoms with Crippen molar-refractivity contribution in [3.05, 3.63) is 23.6 Å². The second-order valence-corrected chi connectivity index (χ2v) is 6.29. The Morgan fingerprint density at radius 1 is 1.48 bits per heavy atom. The molecule has 0 aliphatic heterocycles. The second-order valence-electron chi connectivity index (χ2n) is 5.94. The molecule has 2 atom stereocenters. The summed E-state index contributed by atoms with van der Waals surface area (Å²) in [6.07, 6.45) is 6.44. The van der Waals surface area contributed by atoms with E-state index in [1.807, 2.05) is 16.7 Å². The third kappa shape index (κ3) is 3.07. The van der Waals surface area contributed by atoms with Gasteiger partial charge >= 0.3 is 0 Å². The average Bonchev–Trinajstić information content (AvgIpc) is 3.12. The summed E-state index contributed by atoms with van der Waals surface area (Å²) in [5.41, 5.74) is 1.06. The highest BCUT2D eigenvalue weighted by Crippen LogP contribution is 2.31. The number of aliphatic hydroxyl groups is 1. The van der Waals surface area contributed by atoms with Crippen LogP contribution in [-0.4, -0.2) is 37.1 Å². The number of hydrogen-bond acceptors (Lipinski definition) is 5. The molecule has 0 fully saturated rings. The van der Waals surface area contributed by atoms with Crippen molar-refractivity contribution in [3.8, 4) is 0 Å². The molecule has 1 aliphatic rings. The summed E-state index contributed by atoms with van der Waals surface area (Å²) in [5, 5.41) is 12.1. The number of carbonyl (C=O) groups is 1. The van der Waals surface area contributed by atoms with Crippen LogP contribution >= 0.6 is 11.6 Å². The van der Waals surface area contributed by atoms with E-state index in [4.69, 9.17) is 11.6 Å². The van der Waals surface area contributed by atoms with Gasteiger partial charge in [-0.05, 0) is 6.42 Å². The maximum atomic E-state index is 11.8. The van der Waals surface area contributed by atoms with Crippen LogP contribution in [0.5, 0.6) is 0 Å². The van der Waals surface area contributed by atoms with Crippen LogP contribution < -0.4 is 5.32 Å². The van der Waals surface area contributed by atoms with Gasteiger partial charge in [0, 0.05) is 18.4 Å². The number of aliphatic hydroxyl groups excluding tert-OH is 1. The molecule has 2 heterocycles. The van der Waals surface area contributed by atoms with Gasteiger partial charge in [-0.2, -0.15) is 9.97 Å². The summed E-state index contributed by atoms with van der Waals surface area (Å²) in [6, 6.07) is 0.0526. The molecule has 0 bridgehead atoms. The Balaban J connectivity index is 1.96. The molecule has 122 valence electrons. The molecule has 0 saturated carbocycles. The number of nitrogens with zero attached hydrogens (tertiary/aromatic N) is 4. The summed E-state index contributed by atoms with van der Waals surface area (Å²) < 4.78 is 1.89. The minimum absolute atomic E-state index is 0.0526. The number of hydrogen-bond donors (Lipinski definition) is 2. The molecule has 1 amide bonds. The SMILES string of the molecule is CC(C)C(=O)Nc1nc(Cl)c2ncn(C3C=CC(CO)C3)c2n1. The van der Waals surface area contributed by atoms with Crippen molar-refractivity contribution in [1.29, 1.82) is 0 Å². The van der Waals surface area contributed by atoms with Gasteiger partial charge in [0.1, 0.15) is 5.52 Å². The third-order valence-electron chi connectivity index (χ3n) is 3.88. The fraction of sp³-hybridized carbons (Fsp3) is 0.467. The molecular weight excluding hydrogens is 318 g/mol. The molecule has 7 nitrogen and oxygen atoms in total. The summed E-state index contributed by atoms with van der Waals surface area (Å²) >= 11 is 6.16. The fourth-order valence-corrected chi connectivity index (χ4v) is 2.74. The molecule has 2 N–H and O–H groups in total. The monoisotopic (exact) mass is 335 g/mol. The molecule has 8 heteroatoms. The van der Waals surface area contributed by atoms with E-state index in [1.165, 1.54) is 0 Å². The van der Waals surface area contributed by atoms with Crippen molar-refractivity contribution in [1.82, 2.24) is 19.5 Å². The van der Waals surface area contributed by atoms with Crippen molar-refractivity contribution in [3.63, 3.8) is 0 Å².